The number of halogens is 2. The lowest BCUT2D eigenvalue weighted by Gasteiger charge is -2.11. The summed E-state index contributed by atoms with van der Waals surface area (Å²) in [6, 6.07) is 13.4. The molecule has 1 aromatic heterocycles. The Hall–Kier alpha value is -1.78. The molecule has 3 rings (SSSR count). The van der Waals surface area contributed by atoms with Crippen molar-refractivity contribution in [2.45, 2.75) is 0 Å². The summed E-state index contributed by atoms with van der Waals surface area (Å²) in [5, 5.41) is 4.93. The predicted octanol–water partition coefficient (Wildman–Crippen LogP) is 4.98. The Balaban J connectivity index is 2.06. The molecule has 0 aliphatic carbocycles. The molecule has 2 aromatic carbocycles. The van der Waals surface area contributed by atoms with Gasteiger partial charge in [0.25, 0.3) is 0 Å². The van der Waals surface area contributed by atoms with Crippen molar-refractivity contribution in [1.82, 2.24) is 4.98 Å². The van der Waals surface area contributed by atoms with E-state index in [0.29, 0.717) is 10.7 Å². The summed E-state index contributed by atoms with van der Waals surface area (Å²) in [5.41, 5.74) is 8.94. The number of benzene rings is 2. The molecule has 0 aliphatic heterocycles. The molecular weight excluding hydrogens is 338 g/mol. The smallest absolute Gasteiger partial charge is 0.0937 e. The molecule has 3 nitrogen and oxygen atoms in total. The van der Waals surface area contributed by atoms with Crippen LogP contribution in [0.5, 0.6) is 0 Å². The monoisotopic (exact) mass is 347 g/mol. The standard InChI is InChI=1S/C15H11BrClN3/c16-10-6-9-2-1-3-14(15(9)19-8-10)20-13-5-4-11(18)7-12(13)17/h1-8,20H,18H2. The molecule has 3 aromatic rings. The van der Waals surface area contributed by atoms with Crippen molar-refractivity contribution in [2.24, 2.45) is 0 Å². The van der Waals surface area contributed by atoms with Crippen molar-refractivity contribution in [3.63, 3.8) is 0 Å². The van der Waals surface area contributed by atoms with Crippen molar-refractivity contribution >= 4 is 55.5 Å². The number of fused-ring (bicyclic) bond motifs is 1. The van der Waals surface area contributed by atoms with E-state index >= 15 is 0 Å². The maximum absolute atomic E-state index is 6.19. The van der Waals surface area contributed by atoms with Crippen LogP contribution in [0.3, 0.4) is 0 Å². The summed E-state index contributed by atoms with van der Waals surface area (Å²) in [7, 11) is 0. The number of nitrogens with zero attached hydrogens (tertiary/aromatic N) is 1. The highest BCUT2D eigenvalue weighted by molar-refractivity contribution is 9.10. The topological polar surface area (TPSA) is 50.9 Å². The van der Waals surface area contributed by atoms with Gasteiger partial charge in [0.05, 0.1) is 21.9 Å². The van der Waals surface area contributed by atoms with Crippen LogP contribution in [0.1, 0.15) is 0 Å². The quantitative estimate of drug-likeness (QED) is 0.642. The van der Waals surface area contributed by atoms with Gasteiger partial charge in [-0.1, -0.05) is 23.7 Å². The SMILES string of the molecule is Nc1ccc(Nc2cccc3cc(Br)cnc23)c(Cl)c1. The lowest BCUT2D eigenvalue weighted by atomic mass is 10.2. The van der Waals surface area contributed by atoms with E-state index in [1.165, 1.54) is 0 Å². The Kier molecular flexibility index (Phi) is 3.51. The number of rotatable bonds is 2. The number of nitrogen functional groups attached to an aromatic ring is 1. The summed E-state index contributed by atoms with van der Waals surface area (Å²) in [5.74, 6) is 0. The molecule has 0 bridgehead atoms. The van der Waals surface area contributed by atoms with Gasteiger partial charge in [-0.15, -0.1) is 0 Å². The fourth-order valence-corrected chi connectivity index (χ4v) is 2.60. The van der Waals surface area contributed by atoms with Gasteiger partial charge in [-0.05, 0) is 46.3 Å². The van der Waals surface area contributed by atoms with E-state index in [1.54, 1.807) is 12.3 Å². The van der Waals surface area contributed by atoms with Gasteiger partial charge in [0.1, 0.15) is 0 Å². The average molecular weight is 349 g/mol. The summed E-state index contributed by atoms with van der Waals surface area (Å²) in [6.45, 7) is 0. The van der Waals surface area contributed by atoms with Gasteiger partial charge in [0.15, 0.2) is 0 Å². The number of nitrogens with two attached hydrogens (primary N) is 1. The first-order valence-corrected chi connectivity index (χ1v) is 7.17. The second kappa shape index (κ2) is 5.31. The fourth-order valence-electron chi connectivity index (χ4n) is 2.01. The predicted molar refractivity (Wildman–Crippen MR) is 88.6 cm³/mol. The van der Waals surface area contributed by atoms with Crippen LogP contribution in [0.4, 0.5) is 17.1 Å². The van der Waals surface area contributed by atoms with Crippen LogP contribution in [-0.4, -0.2) is 4.98 Å². The van der Waals surface area contributed by atoms with Gasteiger partial charge in [-0.25, -0.2) is 0 Å². The van der Waals surface area contributed by atoms with Crippen LogP contribution in [0.15, 0.2) is 53.1 Å². The minimum atomic E-state index is 0.583. The lowest BCUT2D eigenvalue weighted by molar-refractivity contribution is 1.38. The highest BCUT2D eigenvalue weighted by atomic mass is 79.9. The van der Waals surface area contributed by atoms with Crippen molar-refractivity contribution < 1.29 is 0 Å². The van der Waals surface area contributed by atoms with E-state index in [-0.39, 0.29) is 0 Å². The lowest BCUT2D eigenvalue weighted by Crippen LogP contribution is -1.95. The van der Waals surface area contributed by atoms with E-state index < -0.39 is 0 Å². The van der Waals surface area contributed by atoms with Crippen molar-refractivity contribution in [3.05, 3.63) is 58.2 Å². The van der Waals surface area contributed by atoms with Crippen LogP contribution < -0.4 is 11.1 Å². The molecule has 0 aliphatic rings. The zero-order valence-corrected chi connectivity index (χ0v) is 12.7. The van der Waals surface area contributed by atoms with Gasteiger partial charge >= 0.3 is 0 Å². The molecule has 0 fully saturated rings. The van der Waals surface area contributed by atoms with E-state index in [0.717, 1.165) is 26.8 Å². The van der Waals surface area contributed by atoms with Crippen molar-refractivity contribution in [2.75, 3.05) is 11.1 Å². The van der Waals surface area contributed by atoms with Crippen LogP contribution in [0.25, 0.3) is 10.9 Å². The Morgan fingerprint density at radius 1 is 1.10 bits per heavy atom. The molecule has 0 spiro atoms. The molecule has 100 valence electrons. The first-order valence-electron chi connectivity index (χ1n) is 6.00. The molecule has 1 heterocycles. The highest BCUT2D eigenvalue weighted by Crippen LogP contribution is 2.31. The van der Waals surface area contributed by atoms with E-state index in [2.05, 4.69) is 26.2 Å². The number of pyridine rings is 1. The number of aromatic nitrogens is 1. The average Bonchev–Trinajstić information content (AvgIpc) is 2.41. The molecule has 3 N–H and O–H groups in total. The van der Waals surface area contributed by atoms with Gasteiger partial charge in [-0.3, -0.25) is 4.98 Å². The molecule has 0 atom stereocenters. The van der Waals surface area contributed by atoms with Crippen LogP contribution in [0, 0.1) is 0 Å². The molecule has 20 heavy (non-hydrogen) atoms. The van der Waals surface area contributed by atoms with E-state index in [4.69, 9.17) is 17.3 Å². The minimum absolute atomic E-state index is 0.583. The van der Waals surface area contributed by atoms with E-state index in [1.807, 2.05) is 36.4 Å². The molecule has 5 heteroatoms. The number of nitrogens with one attached hydrogen (secondary N) is 1. The molecular formula is C15H11BrClN3. The second-order valence-electron chi connectivity index (χ2n) is 4.40. The number of hydrogen-bond donors (Lipinski definition) is 2. The maximum Gasteiger partial charge on any atom is 0.0937 e. The van der Waals surface area contributed by atoms with E-state index in [9.17, 15) is 0 Å². The third-order valence-corrected chi connectivity index (χ3v) is 3.69. The van der Waals surface area contributed by atoms with Gasteiger partial charge in [0.2, 0.25) is 0 Å². The summed E-state index contributed by atoms with van der Waals surface area (Å²) >= 11 is 9.61. The second-order valence-corrected chi connectivity index (χ2v) is 5.72. The number of anilines is 3. The summed E-state index contributed by atoms with van der Waals surface area (Å²) in [4.78, 5) is 4.45. The van der Waals surface area contributed by atoms with Crippen LogP contribution in [-0.2, 0) is 0 Å². The highest BCUT2D eigenvalue weighted by Gasteiger charge is 2.06. The normalized spacial score (nSPS) is 10.7. The first-order chi connectivity index (χ1) is 9.63. The molecule has 0 amide bonds. The Morgan fingerprint density at radius 2 is 1.95 bits per heavy atom. The Labute approximate surface area is 129 Å². The van der Waals surface area contributed by atoms with Crippen molar-refractivity contribution in [3.8, 4) is 0 Å². The zero-order valence-electron chi connectivity index (χ0n) is 10.4. The molecule has 0 radical (unpaired) electrons. The number of hydrogen-bond acceptors (Lipinski definition) is 3. The van der Waals surface area contributed by atoms with Gasteiger partial charge < -0.3 is 11.1 Å². The zero-order chi connectivity index (χ0) is 14.1. The van der Waals surface area contributed by atoms with Crippen molar-refractivity contribution in [1.29, 1.82) is 0 Å². The molecule has 0 saturated heterocycles. The van der Waals surface area contributed by atoms with Gasteiger partial charge in [0, 0.05) is 21.7 Å². The first kappa shape index (κ1) is 13.2. The fraction of sp³-hybridized carbons (Fsp3) is 0. The molecule has 0 saturated carbocycles. The Bertz CT molecular complexity index is 789. The largest absolute Gasteiger partial charge is 0.399 e. The van der Waals surface area contributed by atoms with Gasteiger partial charge in [-0.2, -0.15) is 0 Å². The van der Waals surface area contributed by atoms with Crippen LogP contribution in [0.2, 0.25) is 5.02 Å². The summed E-state index contributed by atoms with van der Waals surface area (Å²) in [6.07, 6.45) is 1.78. The Morgan fingerprint density at radius 3 is 2.75 bits per heavy atom. The number of para-hydroxylation sites is 1. The summed E-state index contributed by atoms with van der Waals surface area (Å²) < 4.78 is 0.952. The molecule has 0 unspecified atom stereocenters. The third kappa shape index (κ3) is 2.57. The van der Waals surface area contributed by atoms with Crippen LogP contribution >= 0.6 is 27.5 Å². The maximum atomic E-state index is 6.19. The third-order valence-electron chi connectivity index (χ3n) is 2.94. The minimum Gasteiger partial charge on any atom is -0.399 e.